The number of rotatable bonds is 13. The van der Waals surface area contributed by atoms with Gasteiger partial charge in [-0.2, -0.15) is 0 Å². The number of hydrogen-bond acceptors (Lipinski definition) is 5. The van der Waals surface area contributed by atoms with E-state index in [0.717, 1.165) is 65.5 Å². The zero-order valence-corrected chi connectivity index (χ0v) is 22.3. The first-order valence-electron chi connectivity index (χ1n) is 12.7. The number of amides is 2. The molecule has 190 valence electrons. The zero-order chi connectivity index (χ0) is 25.9. The minimum atomic E-state index is -0.583. The number of carbonyl (C=O) groups excluding carboxylic acids is 3. The van der Waals surface area contributed by atoms with E-state index in [-0.39, 0.29) is 24.2 Å². The molecule has 7 nitrogen and oxygen atoms in total. The van der Waals surface area contributed by atoms with Crippen LogP contribution in [0, 0.1) is 0 Å². The first-order chi connectivity index (χ1) is 17.5. The second kappa shape index (κ2) is 14.0. The van der Waals surface area contributed by atoms with Crippen LogP contribution < -0.4 is 10.5 Å². The molecule has 2 N–H and O–H groups in total. The topological polar surface area (TPSA) is 96.9 Å². The van der Waals surface area contributed by atoms with Crippen LogP contribution in [-0.4, -0.2) is 38.1 Å². The van der Waals surface area contributed by atoms with Crippen molar-refractivity contribution in [3.05, 3.63) is 58.7 Å². The van der Waals surface area contributed by atoms with E-state index < -0.39 is 6.09 Å². The molecule has 36 heavy (non-hydrogen) atoms. The maximum atomic E-state index is 13.1. The van der Waals surface area contributed by atoms with Crippen molar-refractivity contribution in [2.45, 2.75) is 64.7 Å². The quantitative estimate of drug-likeness (QED) is 0.217. The third kappa shape index (κ3) is 7.10. The van der Waals surface area contributed by atoms with E-state index in [1.54, 1.807) is 0 Å². The number of benzene rings is 2. The Morgan fingerprint density at radius 2 is 1.89 bits per heavy atom. The van der Waals surface area contributed by atoms with E-state index in [1.807, 2.05) is 25.1 Å². The molecular weight excluding hydrogens is 472 g/mol. The van der Waals surface area contributed by atoms with E-state index in [9.17, 15) is 14.4 Å². The number of nitrogens with one attached hydrogen (secondary N) is 2. The van der Waals surface area contributed by atoms with Gasteiger partial charge in [0.2, 0.25) is 0 Å². The summed E-state index contributed by atoms with van der Waals surface area (Å²) in [5.74, 6) is 0.0326. The molecular formula is C27H35BN3O4P. The predicted octanol–water partition coefficient (Wildman–Crippen LogP) is 5.34. The van der Waals surface area contributed by atoms with Gasteiger partial charge in [0.1, 0.15) is 0 Å². The number of ketones is 1. The monoisotopic (exact) mass is 507 g/mol. The number of carbonyl (C=O) groups is 3. The molecule has 2 aromatic carbocycles. The van der Waals surface area contributed by atoms with Gasteiger partial charge in [-0.15, -0.1) is 0 Å². The van der Waals surface area contributed by atoms with Gasteiger partial charge in [0.15, 0.2) is 0 Å². The van der Waals surface area contributed by atoms with Gasteiger partial charge in [0.05, 0.1) is 0 Å². The number of ether oxygens (including phenoxy) is 1. The molecule has 2 aromatic rings. The Morgan fingerprint density at radius 3 is 2.64 bits per heavy atom. The maximum absolute atomic E-state index is 13.1. The molecule has 0 radical (unpaired) electrons. The Bertz CT molecular complexity index is 1120. The first kappa shape index (κ1) is 27.7. The summed E-state index contributed by atoms with van der Waals surface area (Å²) in [4.78, 5) is 37.1. The van der Waals surface area contributed by atoms with Gasteiger partial charge in [0, 0.05) is 6.54 Å². The summed E-state index contributed by atoms with van der Waals surface area (Å²) in [7, 11) is 3.40. The third-order valence-electron chi connectivity index (χ3n) is 6.37. The van der Waals surface area contributed by atoms with E-state index in [2.05, 4.69) is 49.7 Å². The predicted molar refractivity (Wildman–Crippen MR) is 146 cm³/mol. The Kier molecular flexibility index (Phi) is 10.8. The molecule has 2 unspecified atom stereocenters. The summed E-state index contributed by atoms with van der Waals surface area (Å²) in [6, 6.07) is 12.1. The van der Waals surface area contributed by atoms with Crippen LogP contribution in [0.1, 0.15) is 85.3 Å². The summed E-state index contributed by atoms with van der Waals surface area (Å²) in [5, 5.41) is 5.37. The van der Waals surface area contributed by atoms with E-state index in [4.69, 9.17) is 4.74 Å². The summed E-state index contributed by atoms with van der Waals surface area (Å²) < 4.78 is 9.17. The van der Waals surface area contributed by atoms with Crippen LogP contribution in [0.5, 0.6) is 0 Å². The van der Waals surface area contributed by atoms with E-state index in [0.29, 0.717) is 19.4 Å². The molecule has 0 fully saturated rings. The second-order valence-corrected chi connectivity index (χ2v) is 9.29. The average Bonchev–Trinajstić information content (AvgIpc) is 3.20. The van der Waals surface area contributed by atoms with Crippen molar-refractivity contribution >= 4 is 34.4 Å². The number of hydrogen-bond donors (Lipinski definition) is 2. The van der Waals surface area contributed by atoms with Gasteiger partial charge in [0.25, 0.3) is 0 Å². The van der Waals surface area contributed by atoms with Crippen molar-refractivity contribution in [1.29, 1.82) is 0 Å². The molecule has 0 saturated heterocycles. The number of Topliss-reactive ketones (excluding diaryl/α,β-unsaturated/α-hetero) is 1. The van der Waals surface area contributed by atoms with Gasteiger partial charge >= 0.3 is 179 Å². The van der Waals surface area contributed by atoms with Crippen LogP contribution in [0.4, 0.5) is 4.79 Å². The normalized spacial score (nSPS) is 13.6. The molecule has 0 aliphatic heterocycles. The fourth-order valence-electron chi connectivity index (χ4n) is 4.59. The van der Waals surface area contributed by atoms with Crippen LogP contribution in [-0.2, 0) is 16.0 Å². The summed E-state index contributed by atoms with van der Waals surface area (Å²) >= 11 is 0. The number of aryl methyl sites for hydroxylation is 1. The number of nitrogens with zero attached hydrogens (tertiary/aromatic N) is 1. The summed E-state index contributed by atoms with van der Waals surface area (Å²) in [6.07, 6.45) is 4.67. The molecule has 0 heterocycles. The second-order valence-electron chi connectivity index (χ2n) is 9.00. The summed E-state index contributed by atoms with van der Waals surface area (Å²) in [6.45, 7) is 4.96. The van der Waals surface area contributed by atoms with Crippen LogP contribution in [0.15, 0.2) is 41.1 Å². The molecule has 3 rings (SSSR count). The Balaban J connectivity index is 1.87. The van der Waals surface area contributed by atoms with Gasteiger partial charge in [-0.1, -0.05) is 13.8 Å². The summed E-state index contributed by atoms with van der Waals surface area (Å²) in [5.41, 5.74) is 5.84. The number of fused-ring (bicyclic) bond motifs is 3. The molecule has 1 aliphatic rings. The van der Waals surface area contributed by atoms with Crippen molar-refractivity contribution in [2.75, 3.05) is 13.2 Å². The first-order valence-corrected chi connectivity index (χ1v) is 13.2. The van der Waals surface area contributed by atoms with Gasteiger partial charge in [-0.25, -0.2) is 0 Å². The molecule has 0 aromatic heterocycles. The van der Waals surface area contributed by atoms with Crippen molar-refractivity contribution in [2.24, 2.45) is 4.67 Å². The zero-order valence-electron chi connectivity index (χ0n) is 21.1. The van der Waals surface area contributed by atoms with Crippen LogP contribution in [0.3, 0.4) is 0 Å². The van der Waals surface area contributed by atoms with Crippen molar-refractivity contribution in [3.8, 4) is 11.1 Å². The SMILES string of the molecule is CCCCC(=O)c1cccc2c1-c1ccc(CCCC(=O)NCCC)cc1C2COC(=O)NB=NP. The van der Waals surface area contributed by atoms with Crippen LogP contribution in [0.2, 0.25) is 0 Å². The Labute approximate surface area is 216 Å². The molecule has 9 heteroatoms. The van der Waals surface area contributed by atoms with Gasteiger partial charge < -0.3 is 5.32 Å². The molecule has 0 saturated carbocycles. The standard InChI is InChI=1S/C27H35BN3O4P/c1-3-5-11-24(32)21-10-7-9-19-23(17-35-27(34)30-28-31-36)22-16-18(13-14-20(22)26(19)21)8-6-12-25(33)29-15-4-2/h7,9-10,13-14,16,23H,3-6,8,11-12,15,17,36H2,1-2H3,(H,29,33)(H,30,34). The molecule has 2 atom stereocenters. The third-order valence-corrected chi connectivity index (χ3v) is 6.52. The molecule has 2 amide bonds. The minimum absolute atomic E-state index is 0.0759. The Hall–Kier alpha value is -2.86. The van der Waals surface area contributed by atoms with E-state index in [1.165, 1.54) is 7.21 Å². The van der Waals surface area contributed by atoms with E-state index >= 15 is 0 Å². The molecule has 0 spiro atoms. The fraction of sp³-hybridized carbons (Fsp3) is 0.444. The molecule has 0 bridgehead atoms. The van der Waals surface area contributed by atoms with Gasteiger partial charge in [-0.3, -0.25) is 4.79 Å². The fourth-order valence-corrected chi connectivity index (χ4v) is 4.67. The van der Waals surface area contributed by atoms with Crippen molar-refractivity contribution in [1.82, 2.24) is 10.5 Å². The molecule has 1 aliphatic carbocycles. The number of unbranched alkanes of at least 4 members (excludes halogenated alkanes) is 1. The van der Waals surface area contributed by atoms with Crippen molar-refractivity contribution < 1.29 is 19.1 Å². The average molecular weight is 507 g/mol. The Morgan fingerprint density at radius 1 is 1.06 bits per heavy atom. The van der Waals surface area contributed by atoms with Gasteiger partial charge in [-0.05, 0) is 6.42 Å². The van der Waals surface area contributed by atoms with Crippen molar-refractivity contribution in [3.63, 3.8) is 0 Å². The van der Waals surface area contributed by atoms with Crippen LogP contribution >= 0.6 is 9.39 Å². The van der Waals surface area contributed by atoms with Crippen LogP contribution in [0.25, 0.3) is 11.1 Å².